The Labute approximate surface area is 107 Å². The quantitative estimate of drug-likeness (QED) is 0.780. The first-order valence-electron chi connectivity index (χ1n) is 5.64. The summed E-state index contributed by atoms with van der Waals surface area (Å²) in [6.45, 7) is 6.05. The van der Waals surface area contributed by atoms with Gasteiger partial charge in [-0.3, -0.25) is 0 Å². The van der Waals surface area contributed by atoms with Gasteiger partial charge in [-0.2, -0.15) is 0 Å². The van der Waals surface area contributed by atoms with Crippen LogP contribution in [-0.4, -0.2) is 16.3 Å². The Bertz CT molecular complexity index is 387. The van der Waals surface area contributed by atoms with Crippen molar-refractivity contribution in [1.82, 2.24) is 0 Å². The Balaban J connectivity index is 2.83. The van der Waals surface area contributed by atoms with Crippen LogP contribution in [-0.2, 0) is 0 Å². The molecular weight excluding hydrogens is 238 g/mol. The zero-order valence-corrected chi connectivity index (χ0v) is 11.2. The summed E-state index contributed by atoms with van der Waals surface area (Å²) in [7, 11) is 0. The van der Waals surface area contributed by atoms with Crippen molar-refractivity contribution >= 4 is 11.6 Å². The summed E-state index contributed by atoms with van der Waals surface area (Å²) in [6, 6.07) is 4.47. The fraction of sp³-hybridized carbons (Fsp3) is 0.538. The van der Waals surface area contributed by atoms with Gasteiger partial charge in [0.1, 0.15) is 5.75 Å². The van der Waals surface area contributed by atoms with Gasteiger partial charge in [-0.05, 0) is 30.0 Å². The number of aliphatic hydroxyl groups excluding tert-OH is 1. The Kier molecular flexibility index (Phi) is 4.42. The van der Waals surface area contributed by atoms with Gasteiger partial charge in [0, 0.05) is 16.6 Å². The van der Waals surface area contributed by atoms with Gasteiger partial charge in [-0.1, -0.05) is 32.4 Å². The van der Waals surface area contributed by atoms with Crippen molar-refractivity contribution in [2.45, 2.75) is 39.3 Å². The summed E-state index contributed by atoms with van der Waals surface area (Å²) in [5.74, 6) is 0.0445. The van der Waals surface area contributed by atoms with E-state index in [1.54, 1.807) is 12.1 Å². The van der Waals surface area contributed by atoms with Crippen LogP contribution in [0.2, 0.25) is 5.02 Å². The van der Waals surface area contributed by atoms with Gasteiger partial charge >= 0.3 is 0 Å². The average Bonchev–Trinajstić information content (AvgIpc) is 2.20. The molecule has 0 aliphatic carbocycles. The van der Waals surface area contributed by atoms with E-state index in [-0.39, 0.29) is 17.2 Å². The molecule has 1 rings (SSSR count). The Morgan fingerprint density at radius 2 is 1.94 bits per heavy atom. The maximum Gasteiger partial charge on any atom is 0.121 e. The average molecular weight is 258 g/mol. The lowest BCUT2D eigenvalue weighted by molar-refractivity contribution is 0.131. The van der Waals surface area contributed by atoms with Crippen LogP contribution in [0.25, 0.3) is 0 Å². The van der Waals surface area contributed by atoms with Gasteiger partial charge in [0.05, 0.1) is 6.10 Å². The number of aliphatic hydroxyl groups is 1. The summed E-state index contributed by atoms with van der Waals surface area (Å²) < 4.78 is 0. The molecule has 0 aliphatic rings. The van der Waals surface area contributed by atoms with E-state index in [1.807, 2.05) is 20.8 Å². The monoisotopic (exact) mass is 257 g/mol. The SMILES string of the molecule is CC(C)(C)[C@@H](N)C[C@@H](O)c1cc(Cl)ccc1O. The maximum absolute atomic E-state index is 10.1. The number of hydrogen-bond donors (Lipinski definition) is 3. The highest BCUT2D eigenvalue weighted by Gasteiger charge is 2.25. The van der Waals surface area contributed by atoms with Crippen LogP contribution in [0.3, 0.4) is 0 Å². The van der Waals surface area contributed by atoms with Crippen LogP contribution in [0.1, 0.15) is 38.9 Å². The minimum atomic E-state index is -0.803. The highest BCUT2D eigenvalue weighted by Crippen LogP contribution is 2.32. The molecule has 96 valence electrons. The van der Waals surface area contributed by atoms with Crippen molar-refractivity contribution in [3.8, 4) is 5.75 Å². The zero-order valence-electron chi connectivity index (χ0n) is 10.4. The molecular formula is C13H20ClNO2. The molecule has 0 radical (unpaired) electrons. The van der Waals surface area contributed by atoms with E-state index in [1.165, 1.54) is 6.07 Å². The third-order valence-corrected chi connectivity index (χ3v) is 3.17. The van der Waals surface area contributed by atoms with Gasteiger partial charge in [0.25, 0.3) is 0 Å². The molecule has 4 heteroatoms. The minimum absolute atomic E-state index is 0.0445. The number of benzene rings is 1. The second-order valence-corrected chi connectivity index (χ2v) is 5.86. The molecule has 0 aliphatic heterocycles. The van der Waals surface area contributed by atoms with Crippen LogP contribution >= 0.6 is 11.6 Å². The first-order valence-corrected chi connectivity index (χ1v) is 6.01. The lowest BCUT2D eigenvalue weighted by Crippen LogP contribution is -2.36. The number of rotatable bonds is 3. The second kappa shape index (κ2) is 5.25. The Morgan fingerprint density at radius 1 is 1.35 bits per heavy atom. The molecule has 0 bridgehead atoms. The molecule has 3 nitrogen and oxygen atoms in total. The van der Waals surface area contributed by atoms with Crippen LogP contribution in [0.5, 0.6) is 5.75 Å². The smallest absolute Gasteiger partial charge is 0.121 e. The predicted molar refractivity (Wildman–Crippen MR) is 70.1 cm³/mol. The molecule has 0 fully saturated rings. The van der Waals surface area contributed by atoms with Crippen LogP contribution in [0.15, 0.2) is 18.2 Å². The first-order chi connectivity index (χ1) is 7.71. The van der Waals surface area contributed by atoms with Crippen molar-refractivity contribution in [1.29, 1.82) is 0 Å². The number of halogens is 1. The largest absolute Gasteiger partial charge is 0.508 e. The molecule has 0 saturated heterocycles. The third kappa shape index (κ3) is 3.87. The number of phenolic OH excluding ortho intramolecular Hbond substituents is 1. The molecule has 17 heavy (non-hydrogen) atoms. The van der Waals surface area contributed by atoms with E-state index < -0.39 is 6.10 Å². The maximum atomic E-state index is 10.1. The topological polar surface area (TPSA) is 66.5 Å². The van der Waals surface area contributed by atoms with E-state index in [0.29, 0.717) is 17.0 Å². The van der Waals surface area contributed by atoms with Crippen molar-refractivity contribution < 1.29 is 10.2 Å². The van der Waals surface area contributed by atoms with Crippen molar-refractivity contribution in [3.63, 3.8) is 0 Å². The molecule has 1 aromatic rings. The summed E-state index contributed by atoms with van der Waals surface area (Å²) in [5.41, 5.74) is 6.34. The van der Waals surface area contributed by atoms with E-state index in [2.05, 4.69) is 0 Å². The number of aromatic hydroxyl groups is 1. The molecule has 0 unspecified atom stereocenters. The van der Waals surface area contributed by atoms with Gasteiger partial charge in [0.2, 0.25) is 0 Å². The van der Waals surface area contributed by atoms with E-state index in [4.69, 9.17) is 17.3 Å². The summed E-state index contributed by atoms with van der Waals surface area (Å²) >= 11 is 5.83. The molecule has 0 aromatic heterocycles. The van der Waals surface area contributed by atoms with Crippen molar-refractivity contribution in [2.24, 2.45) is 11.1 Å². The summed E-state index contributed by atoms with van der Waals surface area (Å²) in [5, 5.41) is 20.2. The van der Waals surface area contributed by atoms with Crippen molar-refractivity contribution in [3.05, 3.63) is 28.8 Å². The van der Waals surface area contributed by atoms with Gasteiger partial charge < -0.3 is 15.9 Å². The van der Waals surface area contributed by atoms with Crippen LogP contribution < -0.4 is 5.73 Å². The van der Waals surface area contributed by atoms with Crippen LogP contribution in [0.4, 0.5) is 0 Å². The molecule has 0 saturated carbocycles. The standard InChI is InChI=1S/C13H20ClNO2/c1-13(2,3)12(15)7-11(17)9-6-8(14)4-5-10(9)16/h4-6,11-12,16-17H,7,15H2,1-3H3/t11-,12+/m1/s1. The highest BCUT2D eigenvalue weighted by molar-refractivity contribution is 6.30. The highest BCUT2D eigenvalue weighted by atomic mass is 35.5. The van der Waals surface area contributed by atoms with Gasteiger partial charge in [-0.25, -0.2) is 0 Å². The molecule has 1 aromatic carbocycles. The minimum Gasteiger partial charge on any atom is -0.508 e. The predicted octanol–water partition coefficient (Wildman–Crippen LogP) is 2.84. The van der Waals surface area contributed by atoms with Gasteiger partial charge in [0.15, 0.2) is 0 Å². The van der Waals surface area contributed by atoms with Crippen LogP contribution in [0, 0.1) is 5.41 Å². The Morgan fingerprint density at radius 3 is 2.47 bits per heavy atom. The van der Waals surface area contributed by atoms with Gasteiger partial charge in [-0.15, -0.1) is 0 Å². The zero-order chi connectivity index (χ0) is 13.2. The fourth-order valence-electron chi connectivity index (χ4n) is 1.51. The molecule has 0 amide bonds. The molecule has 0 heterocycles. The number of phenols is 1. The number of nitrogens with two attached hydrogens (primary N) is 1. The first kappa shape index (κ1) is 14.3. The van der Waals surface area contributed by atoms with E-state index in [0.717, 1.165) is 0 Å². The lowest BCUT2D eigenvalue weighted by Gasteiger charge is -2.29. The fourth-order valence-corrected chi connectivity index (χ4v) is 1.69. The van der Waals surface area contributed by atoms with Crippen molar-refractivity contribution in [2.75, 3.05) is 0 Å². The summed E-state index contributed by atoms with van der Waals surface area (Å²) in [4.78, 5) is 0. The lowest BCUT2D eigenvalue weighted by atomic mass is 9.83. The normalized spacial score (nSPS) is 15.6. The Hall–Kier alpha value is -0.770. The molecule has 4 N–H and O–H groups in total. The second-order valence-electron chi connectivity index (χ2n) is 5.43. The molecule has 2 atom stereocenters. The number of hydrogen-bond acceptors (Lipinski definition) is 3. The summed E-state index contributed by atoms with van der Waals surface area (Å²) in [6.07, 6.45) is -0.417. The third-order valence-electron chi connectivity index (χ3n) is 2.94. The molecule has 0 spiro atoms. The van der Waals surface area contributed by atoms with E-state index in [9.17, 15) is 10.2 Å². The van der Waals surface area contributed by atoms with E-state index >= 15 is 0 Å².